The maximum atomic E-state index is 13.0. The van der Waals surface area contributed by atoms with Crippen molar-refractivity contribution in [2.75, 3.05) is 18.9 Å². The molecule has 1 aromatic heterocycles. The topological polar surface area (TPSA) is 79.4 Å². The number of carbonyl (C=O) groups excluding carboxylic acids is 1. The Morgan fingerprint density at radius 1 is 1.10 bits per heavy atom. The Morgan fingerprint density at radius 3 is 2.34 bits per heavy atom. The van der Waals surface area contributed by atoms with Crippen molar-refractivity contribution in [3.8, 4) is 11.3 Å². The molecule has 1 amide bonds. The molecule has 1 heterocycles. The number of amides is 1. The zero-order valence-electron chi connectivity index (χ0n) is 16.1. The van der Waals surface area contributed by atoms with Gasteiger partial charge in [-0.05, 0) is 38.1 Å². The summed E-state index contributed by atoms with van der Waals surface area (Å²) in [5.41, 5.74) is 2.86. The van der Waals surface area contributed by atoms with E-state index in [1.165, 1.54) is 18.4 Å². The predicted octanol–water partition coefficient (Wildman–Crippen LogP) is 3.83. The van der Waals surface area contributed by atoms with Crippen LogP contribution in [0.2, 0.25) is 0 Å². The highest BCUT2D eigenvalue weighted by atomic mass is 32.2. The van der Waals surface area contributed by atoms with Crippen molar-refractivity contribution in [2.45, 2.75) is 18.7 Å². The molecule has 0 aliphatic heterocycles. The Morgan fingerprint density at radius 2 is 1.72 bits per heavy atom. The van der Waals surface area contributed by atoms with E-state index in [1.807, 2.05) is 38.1 Å². The summed E-state index contributed by atoms with van der Waals surface area (Å²) < 4.78 is 39.0. The Labute approximate surface area is 173 Å². The van der Waals surface area contributed by atoms with Crippen LogP contribution in [0.3, 0.4) is 0 Å². The molecule has 0 saturated carbocycles. The minimum Gasteiger partial charge on any atom is -0.301 e. The number of sulfonamides is 1. The number of nitrogens with zero attached hydrogens (tertiary/aromatic N) is 2. The van der Waals surface area contributed by atoms with Crippen molar-refractivity contribution in [1.82, 2.24) is 9.29 Å². The largest absolute Gasteiger partial charge is 0.301 e. The first-order chi connectivity index (χ1) is 13.7. The summed E-state index contributed by atoms with van der Waals surface area (Å²) in [6.07, 6.45) is 0. The molecule has 3 rings (SSSR count). The van der Waals surface area contributed by atoms with Gasteiger partial charge in [0, 0.05) is 17.5 Å². The summed E-state index contributed by atoms with van der Waals surface area (Å²) in [5, 5.41) is 3.05. The monoisotopic (exact) mass is 433 g/mol. The zero-order valence-corrected chi connectivity index (χ0v) is 17.8. The second kappa shape index (κ2) is 8.40. The molecular weight excluding hydrogens is 413 g/mol. The lowest BCUT2D eigenvalue weighted by Gasteiger charge is -2.16. The van der Waals surface area contributed by atoms with Gasteiger partial charge in [-0.2, -0.15) is 4.31 Å². The lowest BCUT2D eigenvalue weighted by atomic mass is 10.1. The number of benzene rings is 2. The van der Waals surface area contributed by atoms with E-state index in [9.17, 15) is 17.6 Å². The second-order valence-corrected chi connectivity index (χ2v) is 9.80. The van der Waals surface area contributed by atoms with Crippen LogP contribution in [0.15, 0.2) is 53.4 Å². The van der Waals surface area contributed by atoms with Gasteiger partial charge in [0.15, 0.2) is 5.13 Å². The fourth-order valence-corrected chi connectivity index (χ4v) is 4.64. The number of halogens is 1. The van der Waals surface area contributed by atoms with Gasteiger partial charge in [-0.15, -0.1) is 11.3 Å². The molecule has 1 N–H and O–H groups in total. The van der Waals surface area contributed by atoms with Crippen molar-refractivity contribution in [1.29, 1.82) is 0 Å². The lowest BCUT2D eigenvalue weighted by Crippen LogP contribution is -2.34. The first-order valence-electron chi connectivity index (χ1n) is 8.73. The van der Waals surface area contributed by atoms with Crippen LogP contribution in [-0.4, -0.2) is 37.2 Å². The van der Waals surface area contributed by atoms with Gasteiger partial charge in [-0.1, -0.05) is 29.8 Å². The lowest BCUT2D eigenvalue weighted by molar-refractivity contribution is -0.116. The summed E-state index contributed by atoms with van der Waals surface area (Å²) in [6, 6.07) is 12.4. The highest BCUT2D eigenvalue weighted by Gasteiger charge is 2.23. The first kappa shape index (κ1) is 21.1. The molecule has 0 bridgehead atoms. The highest BCUT2D eigenvalue weighted by molar-refractivity contribution is 7.89. The summed E-state index contributed by atoms with van der Waals surface area (Å²) in [4.78, 5) is 17.7. The van der Waals surface area contributed by atoms with Crippen molar-refractivity contribution < 1.29 is 17.6 Å². The van der Waals surface area contributed by atoms with Crippen LogP contribution in [0.25, 0.3) is 11.3 Å². The van der Waals surface area contributed by atoms with Gasteiger partial charge in [-0.25, -0.2) is 17.8 Å². The number of hydrogen-bond donors (Lipinski definition) is 1. The number of likely N-dealkylation sites (N-methyl/N-ethyl adjacent to an activating group) is 1. The van der Waals surface area contributed by atoms with Crippen LogP contribution in [0.1, 0.15) is 10.4 Å². The van der Waals surface area contributed by atoms with Gasteiger partial charge in [0.25, 0.3) is 0 Å². The van der Waals surface area contributed by atoms with Gasteiger partial charge in [-0.3, -0.25) is 4.79 Å². The first-order valence-corrected chi connectivity index (χ1v) is 11.0. The maximum absolute atomic E-state index is 13.0. The van der Waals surface area contributed by atoms with Crippen molar-refractivity contribution in [3.05, 3.63) is 64.8 Å². The van der Waals surface area contributed by atoms with E-state index in [0.717, 1.165) is 50.3 Å². The van der Waals surface area contributed by atoms with Gasteiger partial charge < -0.3 is 5.32 Å². The number of hydrogen-bond acceptors (Lipinski definition) is 5. The van der Waals surface area contributed by atoms with Gasteiger partial charge in [0.05, 0.1) is 17.1 Å². The molecule has 3 aromatic rings. The SMILES string of the molecule is Cc1ccc(-c2nc(NC(=O)CN(C)S(=O)(=O)c3ccc(F)cc3)sc2C)cc1. The van der Waals surface area contributed by atoms with E-state index in [2.05, 4.69) is 10.3 Å². The molecule has 0 unspecified atom stereocenters. The summed E-state index contributed by atoms with van der Waals surface area (Å²) in [5.74, 6) is -1.05. The predicted molar refractivity (Wildman–Crippen MR) is 112 cm³/mol. The third-order valence-corrected chi connectivity index (χ3v) is 6.96. The van der Waals surface area contributed by atoms with E-state index in [1.54, 1.807) is 0 Å². The smallest absolute Gasteiger partial charge is 0.243 e. The van der Waals surface area contributed by atoms with E-state index >= 15 is 0 Å². The molecule has 0 radical (unpaired) electrons. The van der Waals surface area contributed by atoms with Crippen LogP contribution in [-0.2, 0) is 14.8 Å². The zero-order chi connectivity index (χ0) is 21.2. The molecule has 0 aliphatic carbocycles. The molecule has 0 saturated heterocycles. The molecule has 6 nitrogen and oxygen atoms in total. The van der Waals surface area contributed by atoms with E-state index in [4.69, 9.17) is 0 Å². The van der Waals surface area contributed by atoms with Gasteiger partial charge in [0.1, 0.15) is 5.82 Å². The van der Waals surface area contributed by atoms with Gasteiger partial charge in [0.2, 0.25) is 15.9 Å². The standard InChI is InChI=1S/C20H20FN3O3S2/c1-13-4-6-15(7-5-13)19-14(2)28-20(23-19)22-18(25)12-24(3)29(26,27)17-10-8-16(21)9-11-17/h4-11H,12H2,1-3H3,(H,22,23,25). The summed E-state index contributed by atoms with van der Waals surface area (Å²) in [7, 11) is -2.61. The molecule has 0 atom stereocenters. The summed E-state index contributed by atoms with van der Waals surface area (Å²) >= 11 is 1.32. The number of thiazole rings is 1. The quantitative estimate of drug-likeness (QED) is 0.641. The molecule has 152 valence electrons. The Balaban J connectivity index is 1.70. The third-order valence-electron chi connectivity index (χ3n) is 4.26. The molecule has 9 heteroatoms. The van der Waals surface area contributed by atoms with Gasteiger partial charge >= 0.3 is 0 Å². The Bertz CT molecular complexity index is 1120. The van der Waals surface area contributed by atoms with E-state index in [0.29, 0.717) is 5.13 Å². The molecule has 29 heavy (non-hydrogen) atoms. The number of nitrogens with one attached hydrogen (secondary N) is 1. The maximum Gasteiger partial charge on any atom is 0.243 e. The van der Waals surface area contributed by atoms with Crippen molar-refractivity contribution in [3.63, 3.8) is 0 Å². The minimum absolute atomic E-state index is 0.0825. The van der Waals surface area contributed by atoms with Crippen LogP contribution in [0, 0.1) is 19.7 Å². The van der Waals surface area contributed by atoms with Crippen molar-refractivity contribution in [2.24, 2.45) is 0 Å². The molecular formula is C20H20FN3O3S2. The third kappa shape index (κ3) is 4.87. The number of aromatic nitrogens is 1. The Kier molecular flexibility index (Phi) is 6.11. The number of rotatable bonds is 6. The fraction of sp³-hybridized carbons (Fsp3) is 0.200. The number of carbonyl (C=O) groups is 1. The fourth-order valence-electron chi connectivity index (χ4n) is 2.66. The minimum atomic E-state index is -3.90. The number of aryl methyl sites for hydroxylation is 2. The van der Waals surface area contributed by atoms with Crippen LogP contribution in [0.5, 0.6) is 0 Å². The number of anilines is 1. The van der Waals surface area contributed by atoms with Crippen LogP contribution in [0.4, 0.5) is 9.52 Å². The van der Waals surface area contributed by atoms with Crippen molar-refractivity contribution >= 4 is 32.4 Å². The highest BCUT2D eigenvalue weighted by Crippen LogP contribution is 2.30. The normalized spacial score (nSPS) is 11.6. The van der Waals surface area contributed by atoms with Crippen LogP contribution >= 0.6 is 11.3 Å². The average Bonchev–Trinajstić information content (AvgIpc) is 3.02. The molecule has 2 aromatic carbocycles. The van der Waals surface area contributed by atoms with Crippen LogP contribution < -0.4 is 5.32 Å². The molecule has 0 fully saturated rings. The van der Waals surface area contributed by atoms with E-state index < -0.39 is 28.3 Å². The molecule has 0 aliphatic rings. The Hall–Kier alpha value is -2.62. The second-order valence-electron chi connectivity index (χ2n) is 6.55. The van der Waals surface area contributed by atoms with E-state index in [-0.39, 0.29) is 4.90 Å². The average molecular weight is 434 g/mol. The summed E-state index contributed by atoms with van der Waals surface area (Å²) in [6.45, 7) is 3.52. The molecule has 0 spiro atoms.